The van der Waals surface area contributed by atoms with Gasteiger partial charge in [0.05, 0.1) is 5.69 Å². The van der Waals surface area contributed by atoms with Gasteiger partial charge < -0.3 is 19.5 Å². The Morgan fingerprint density at radius 1 is 1.17 bits per heavy atom. The van der Waals surface area contributed by atoms with Crippen LogP contribution in [0.2, 0.25) is 0 Å². The number of ether oxygens (including phenoxy) is 1. The Kier molecular flexibility index (Phi) is 10.3. The number of rotatable bonds is 8. The molecule has 2 aromatic rings. The van der Waals surface area contributed by atoms with Crippen LogP contribution in [0.25, 0.3) is 0 Å². The maximum atomic E-state index is 5.81. The van der Waals surface area contributed by atoms with Crippen molar-refractivity contribution in [3.63, 3.8) is 0 Å². The predicted molar refractivity (Wildman–Crippen MR) is 126 cm³/mol. The van der Waals surface area contributed by atoms with Crippen LogP contribution in [0.1, 0.15) is 25.3 Å². The molecule has 0 bridgehead atoms. The highest BCUT2D eigenvalue weighted by atomic mass is 127. The molecule has 1 aromatic heterocycles. The van der Waals surface area contributed by atoms with E-state index in [1.807, 2.05) is 36.4 Å². The summed E-state index contributed by atoms with van der Waals surface area (Å²) in [6.07, 6.45) is 0.878. The normalized spacial score (nSPS) is 15.1. The quantitative estimate of drug-likeness (QED) is 0.333. The molecule has 7 nitrogen and oxygen atoms in total. The zero-order valence-corrected chi connectivity index (χ0v) is 19.7. The van der Waals surface area contributed by atoms with Gasteiger partial charge >= 0.3 is 0 Å². The lowest BCUT2D eigenvalue weighted by Gasteiger charge is -2.36. The summed E-state index contributed by atoms with van der Waals surface area (Å²) in [4.78, 5) is 9.49. The fourth-order valence-corrected chi connectivity index (χ4v) is 3.17. The second kappa shape index (κ2) is 12.7. The van der Waals surface area contributed by atoms with E-state index in [1.165, 1.54) is 0 Å². The zero-order valence-electron chi connectivity index (χ0n) is 17.3. The van der Waals surface area contributed by atoms with E-state index in [-0.39, 0.29) is 24.0 Å². The molecule has 8 heteroatoms. The number of aromatic nitrogens is 1. The molecule has 0 unspecified atom stereocenters. The van der Waals surface area contributed by atoms with Crippen LogP contribution in [0.5, 0.6) is 5.75 Å². The number of benzene rings is 1. The van der Waals surface area contributed by atoms with Crippen molar-refractivity contribution in [2.24, 2.45) is 4.99 Å². The highest BCUT2D eigenvalue weighted by Gasteiger charge is 2.19. The van der Waals surface area contributed by atoms with Crippen LogP contribution in [-0.4, -0.2) is 66.8 Å². The van der Waals surface area contributed by atoms with Gasteiger partial charge in [-0.2, -0.15) is 0 Å². The number of nitrogens with zero attached hydrogens (tertiary/aromatic N) is 4. The lowest BCUT2D eigenvalue weighted by molar-refractivity contribution is 0.152. The summed E-state index contributed by atoms with van der Waals surface area (Å²) in [5, 5.41) is 7.43. The van der Waals surface area contributed by atoms with Gasteiger partial charge in [-0.15, -0.1) is 24.0 Å². The van der Waals surface area contributed by atoms with Gasteiger partial charge in [0.1, 0.15) is 18.9 Å². The van der Waals surface area contributed by atoms with Crippen LogP contribution in [0.15, 0.2) is 45.9 Å². The van der Waals surface area contributed by atoms with E-state index in [4.69, 9.17) is 14.3 Å². The zero-order chi connectivity index (χ0) is 19.6. The smallest absolute Gasteiger partial charge is 0.194 e. The SMILES string of the molecule is CCNC(=NCc1cc(CC)no1)N1CCN(CCOc2ccccc2)CC1.I. The fourth-order valence-electron chi connectivity index (χ4n) is 3.17. The molecule has 0 amide bonds. The van der Waals surface area contributed by atoms with Crippen molar-refractivity contribution in [2.75, 3.05) is 45.9 Å². The lowest BCUT2D eigenvalue weighted by atomic mass is 10.3. The van der Waals surface area contributed by atoms with Gasteiger partial charge in [-0.1, -0.05) is 30.3 Å². The number of hydrogen-bond acceptors (Lipinski definition) is 5. The lowest BCUT2D eigenvalue weighted by Crippen LogP contribution is -2.53. The highest BCUT2D eigenvalue weighted by Crippen LogP contribution is 2.10. The topological polar surface area (TPSA) is 66.1 Å². The van der Waals surface area contributed by atoms with Crippen LogP contribution in [0, 0.1) is 0 Å². The number of para-hydroxylation sites is 1. The van der Waals surface area contributed by atoms with E-state index in [2.05, 4.69) is 34.1 Å². The van der Waals surface area contributed by atoms with E-state index < -0.39 is 0 Å². The molecule has 160 valence electrons. The Morgan fingerprint density at radius 2 is 1.93 bits per heavy atom. The summed E-state index contributed by atoms with van der Waals surface area (Å²) < 4.78 is 11.2. The molecule has 2 heterocycles. The van der Waals surface area contributed by atoms with Gasteiger partial charge in [0.15, 0.2) is 11.7 Å². The third kappa shape index (κ3) is 7.50. The molecule has 29 heavy (non-hydrogen) atoms. The van der Waals surface area contributed by atoms with E-state index in [1.54, 1.807) is 0 Å². The number of piperazine rings is 1. The number of hydrogen-bond donors (Lipinski definition) is 1. The van der Waals surface area contributed by atoms with Crippen LogP contribution in [0.4, 0.5) is 0 Å². The number of aryl methyl sites for hydroxylation is 1. The third-order valence-electron chi connectivity index (χ3n) is 4.78. The average Bonchev–Trinajstić information content (AvgIpc) is 3.21. The second-order valence-electron chi connectivity index (χ2n) is 6.80. The first-order valence-corrected chi connectivity index (χ1v) is 10.2. The molecule has 1 aliphatic rings. The number of guanidine groups is 1. The monoisotopic (exact) mass is 513 g/mol. The molecule has 3 rings (SSSR count). The third-order valence-corrected chi connectivity index (χ3v) is 4.78. The Bertz CT molecular complexity index is 730. The molecular formula is C21H32IN5O2. The molecule has 1 N–H and O–H groups in total. The Morgan fingerprint density at radius 3 is 2.59 bits per heavy atom. The summed E-state index contributed by atoms with van der Waals surface area (Å²) >= 11 is 0. The van der Waals surface area contributed by atoms with Gasteiger partial charge in [0.2, 0.25) is 0 Å². The van der Waals surface area contributed by atoms with Crippen molar-refractivity contribution in [2.45, 2.75) is 26.8 Å². The fraction of sp³-hybridized carbons (Fsp3) is 0.524. The molecule has 0 saturated carbocycles. The minimum absolute atomic E-state index is 0. The van der Waals surface area contributed by atoms with Crippen molar-refractivity contribution < 1.29 is 9.26 Å². The largest absolute Gasteiger partial charge is 0.492 e. The maximum Gasteiger partial charge on any atom is 0.194 e. The van der Waals surface area contributed by atoms with Crippen LogP contribution < -0.4 is 10.1 Å². The first kappa shape index (κ1) is 23.5. The molecule has 0 spiro atoms. The van der Waals surface area contributed by atoms with E-state index >= 15 is 0 Å². The summed E-state index contributed by atoms with van der Waals surface area (Å²) in [7, 11) is 0. The highest BCUT2D eigenvalue weighted by molar-refractivity contribution is 14.0. The molecule has 1 saturated heterocycles. The molecular weight excluding hydrogens is 481 g/mol. The standard InChI is InChI=1S/C21H31N5O2.HI/c1-3-18-16-20(28-24-18)17-23-21(22-4-2)26-12-10-25(11-13-26)14-15-27-19-8-6-5-7-9-19;/h5-9,16H,3-4,10-15,17H2,1-2H3,(H,22,23);1H. The van der Waals surface area contributed by atoms with E-state index in [0.29, 0.717) is 13.2 Å². The first-order chi connectivity index (χ1) is 13.8. The maximum absolute atomic E-state index is 5.81. The molecule has 0 atom stereocenters. The summed E-state index contributed by atoms with van der Waals surface area (Å²) in [5.74, 6) is 2.68. The van der Waals surface area contributed by atoms with Crippen LogP contribution in [0.3, 0.4) is 0 Å². The van der Waals surface area contributed by atoms with E-state index in [9.17, 15) is 0 Å². The Labute approximate surface area is 190 Å². The van der Waals surface area contributed by atoms with Crippen molar-refractivity contribution in [1.29, 1.82) is 0 Å². The number of halogens is 1. The van der Waals surface area contributed by atoms with E-state index in [0.717, 1.165) is 68.9 Å². The van der Waals surface area contributed by atoms with Crippen molar-refractivity contribution in [1.82, 2.24) is 20.3 Å². The Balaban J connectivity index is 0.00000300. The van der Waals surface area contributed by atoms with Gasteiger partial charge in [0.25, 0.3) is 0 Å². The van der Waals surface area contributed by atoms with Crippen LogP contribution in [-0.2, 0) is 13.0 Å². The summed E-state index contributed by atoms with van der Waals surface area (Å²) in [6.45, 7) is 11.1. The Hall–Kier alpha value is -1.81. The first-order valence-electron chi connectivity index (χ1n) is 10.2. The van der Waals surface area contributed by atoms with Gasteiger partial charge in [-0.3, -0.25) is 4.90 Å². The van der Waals surface area contributed by atoms with Crippen molar-refractivity contribution in [3.05, 3.63) is 47.9 Å². The second-order valence-corrected chi connectivity index (χ2v) is 6.80. The molecule has 0 aliphatic carbocycles. The molecule has 1 aliphatic heterocycles. The van der Waals surface area contributed by atoms with Crippen LogP contribution >= 0.6 is 24.0 Å². The predicted octanol–water partition coefficient (Wildman–Crippen LogP) is 3.02. The van der Waals surface area contributed by atoms with Crippen molar-refractivity contribution >= 4 is 29.9 Å². The molecule has 0 radical (unpaired) electrons. The van der Waals surface area contributed by atoms with Gasteiger partial charge in [-0.25, -0.2) is 4.99 Å². The number of aliphatic imine (C=N–C) groups is 1. The molecule has 1 aromatic carbocycles. The average molecular weight is 513 g/mol. The molecule has 1 fully saturated rings. The minimum atomic E-state index is 0. The van der Waals surface area contributed by atoms with Gasteiger partial charge in [0, 0.05) is 45.3 Å². The van der Waals surface area contributed by atoms with Crippen molar-refractivity contribution in [3.8, 4) is 5.75 Å². The summed E-state index contributed by atoms with van der Waals surface area (Å²) in [5.41, 5.74) is 0.974. The summed E-state index contributed by atoms with van der Waals surface area (Å²) in [6, 6.07) is 12.0. The minimum Gasteiger partial charge on any atom is -0.492 e. The van der Waals surface area contributed by atoms with Gasteiger partial charge in [-0.05, 0) is 25.5 Å². The number of nitrogens with one attached hydrogen (secondary N) is 1.